The number of hydrogen-bond donors (Lipinski definition) is 1. The van der Waals surface area contributed by atoms with E-state index in [1.807, 2.05) is 0 Å². The molecule has 0 unspecified atom stereocenters. The lowest BCUT2D eigenvalue weighted by Crippen LogP contribution is -2.35. The Kier molecular flexibility index (Phi) is 4.86. The number of anilines is 1. The first kappa shape index (κ1) is 17.7. The largest absolute Gasteiger partial charge is 0.474 e. The molecule has 0 spiro atoms. The standard InChI is InChI=1S/C19H13N3O5/c1-2-10-27-17-9-8-13(12-16(17)22(25)26)11-15-18(23)20-21(19(15)24)14-6-4-3-5-7-14/h1,3-9,11-12H,10H2,(H,20,23). The highest BCUT2D eigenvalue weighted by molar-refractivity contribution is 6.31. The molecule has 8 heteroatoms. The van der Waals surface area contributed by atoms with E-state index in [-0.39, 0.29) is 23.6 Å². The van der Waals surface area contributed by atoms with Gasteiger partial charge in [-0.15, -0.1) is 6.42 Å². The molecule has 0 aromatic heterocycles. The van der Waals surface area contributed by atoms with Gasteiger partial charge in [-0.25, -0.2) is 5.01 Å². The van der Waals surface area contributed by atoms with Crippen LogP contribution in [0, 0.1) is 22.5 Å². The van der Waals surface area contributed by atoms with Crippen molar-refractivity contribution >= 4 is 29.3 Å². The summed E-state index contributed by atoms with van der Waals surface area (Å²) >= 11 is 0. The highest BCUT2D eigenvalue weighted by Crippen LogP contribution is 2.29. The molecule has 3 rings (SSSR count). The van der Waals surface area contributed by atoms with Gasteiger partial charge >= 0.3 is 5.69 Å². The van der Waals surface area contributed by atoms with Gasteiger partial charge in [0.05, 0.1) is 10.6 Å². The van der Waals surface area contributed by atoms with Crippen LogP contribution in [0.15, 0.2) is 54.1 Å². The van der Waals surface area contributed by atoms with E-state index in [4.69, 9.17) is 11.2 Å². The second-order valence-corrected chi connectivity index (χ2v) is 5.45. The van der Waals surface area contributed by atoms with Crippen LogP contribution in [0.4, 0.5) is 11.4 Å². The Balaban J connectivity index is 1.93. The Bertz CT molecular complexity index is 992. The van der Waals surface area contributed by atoms with Crippen LogP contribution in [0.1, 0.15) is 5.56 Å². The summed E-state index contributed by atoms with van der Waals surface area (Å²) in [6.07, 6.45) is 6.38. The number of carbonyl (C=O) groups excluding carboxylic acids is 2. The summed E-state index contributed by atoms with van der Waals surface area (Å²) in [7, 11) is 0. The lowest BCUT2D eigenvalue weighted by molar-refractivity contribution is -0.385. The van der Waals surface area contributed by atoms with Crippen molar-refractivity contribution in [3.8, 4) is 18.1 Å². The fraction of sp³-hybridized carbons (Fsp3) is 0.0526. The van der Waals surface area contributed by atoms with Gasteiger partial charge in [0.25, 0.3) is 11.8 Å². The summed E-state index contributed by atoms with van der Waals surface area (Å²) < 4.78 is 5.14. The molecule has 1 aliphatic rings. The molecule has 0 atom stereocenters. The van der Waals surface area contributed by atoms with Gasteiger partial charge < -0.3 is 4.74 Å². The van der Waals surface area contributed by atoms with Crippen molar-refractivity contribution < 1.29 is 19.2 Å². The van der Waals surface area contributed by atoms with E-state index in [1.165, 1.54) is 24.3 Å². The lowest BCUT2D eigenvalue weighted by atomic mass is 10.1. The second-order valence-electron chi connectivity index (χ2n) is 5.45. The molecule has 2 aromatic carbocycles. The van der Waals surface area contributed by atoms with Crippen LogP contribution in [0.2, 0.25) is 0 Å². The lowest BCUT2D eigenvalue weighted by Gasteiger charge is -2.13. The van der Waals surface area contributed by atoms with E-state index >= 15 is 0 Å². The summed E-state index contributed by atoms with van der Waals surface area (Å²) in [5.41, 5.74) is 2.83. The predicted octanol–water partition coefficient (Wildman–Crippen LogP) is 2.07. The zero-order valence-corrected chi connectivity index (χ0v) is 13.9. The van der Waals surface area contributed by atoms with Gasteiger partial charge in [-0.2, -0.15) is 0 Å². The molecule has 0 bridgehead atoms. The average Bonchev–Trinajstić information content (AvgIpc) is 2.95. The minimum absolute atomic E-state index is 0.00760. The molecule has 0 saturated carbocycles. The van der Waals surface area contributed by atoms with E-state index in [2.05, 4.69) is 11.3 Å². The van der Waals surface area contributed by atoms with Gasteiger partial charge in [0.15, 0.2) is 5.75 Å². The van der Waals surface area contributed by atoms with Crippen LogP contribution in [0.25, 0.3) is 6.08 Å². The van der Waals surface area contributed by atoms with Crippen LogP contribution >= 0.6 is 0 Å². The van der Waals surface area contributed by atoms with Gasteiger partial charge in [0, 0.05) is 6.07 Å². The molecule has 27 heavy (non-hydrogen) atoms. The molecule has 1 saturated heterocycles. The van der Waals surface area contributed by atoms with E-state index < -0.39 is 16.7 Å². The van der Waals surface area contributed by atoms with Gasteiger partial charge in [0.2, 0.25) is 0 Å². The predicted molar refractivity (Wildman–Crippen MR) is 97.5 cm³/mol. The van der Waals surface area contributed by atoms with Gasteiger partial charge in [0.1, 0.15) is 12.2 Å². The summed E-state index contributed by atoms with van der Waals surface area (Å²) in [5, 5.41) is 12.4. The van der Waals surface area contributed by atoms with E-state index in [0.717, 1.165) is 5.01 Å². The number of terminal acetylenes is 1. The minimum Gasteiger partial charge on any atom is -0.474 e. The number of rotatable bonds is 5. The Morgan fingerprint density at radius 2 is 1.96 bits per heavy atom. The SMILES string of the molecule is C#CCOc1ccc(C=C2C(=O)NN(c3ccccc3)C2=O)cc1[N+](=O)[O-]. The summed E-state index contributed by atoms with van der Waals surface area (Å²) in [6.45, 7) is -0.117. The third kappa shape index (κ3) is 3.62. The van der Waals surface area contributed by atoms with Crippen molar-refractivity contribution in [2.45, 2.75) is 0 Å². The van der Waals surface area contributed by atoms with E-state index in [1.54, 1.807) is 30.3 Å². The van der Waals surface area contributed by atoms with Crippen LogP contribution in [-0.4, -0.2) is 23.3 Å². The zero-order valence-electron chi connectivity index (χ0n) is 13.9. The van der Waals surface area contributed by atoms with Crippen LogP contribution in [0.3, 0.4) is 0 Å². The quantitative estimate of drug-likeness (QED) is 0.288. The number of benzene rings is 2. The van der Waals surface area contributed by atoms with Crippen molar-refractivity contribution in [3.63, 3.8) is 0 Å². The maximum atomic E-state index is 12.5. The van der Waals surface area contributed by atoms with Crippen LogP contribution in [-0.2, 0) is 9.59 Å². The fourth-order valence-corrected chi connectivity index (χ4v) is 2.49. The fourth-order valence-electron chi connectivity index (χ4n) is 2.49. The van der Waals surface area contributed by atoms with Crippen molar-refractivity contribution in [1.29, 1.82) is 0 Å². The molecule has 1 heterocycles. The van der Waals surface area contributed by atoms with Gasteiger partial charge in [-0.05, 0) is 29.8 Å². The number of hydrogen-bond acceptors (Lipinski definition) is 5. The molecular formula is C19H13N3O5. The minimum atomic E-state index is -0.624. The molecule has 1 N–H and O–H groups in total. The number of nitrogens with one attached hydrogen (secondary N) is 1. The highest BCUT2D eigenvalue weighted by atomic mass is 16.6. The Labute approximate surface area is 154 Å². The summed E-state index contributed by atoms with van der Waals surface area (Å²) in [4.78, 5) is 35.3. The summed E-state index contributed by atoms with van der Waals surface area (Å²) in [5.74, 6) is 1.08. The number of hydrazine groups is 1. The Morgan fingerprint density at radius 1 is 1.22 bits per heavy atom. The normalized spacial score (nSPS) is 14.8. The molecular weight excluding hydrogens is 350 g/mol. The molecule has 8 nitrogen and oxygen atoms in total. The van der Waals surface area contributed by atoms with Gasteiger partial charge in [-0.1, -0.05) is 30.2 Å². The Morgan fingerprint density at radius 3 is 2.63 bits per heavy atom. The first-order chi connectivity index (χ1) is 13.0. The summed E-state index contributed by atoms with van der Waals surface area (Å²) in [6, 6.07) is 12.7. The first-order valence-corrected chi connectivity index (χ1v) is 7.78. The number of ether oxygens (including phenoxy) is 1. The second kappa shape index (κ2) is 7.41. The van der Waals surface area contributed by atoms with Crippen molar-refractivity contribution in [2.75, 3.05) is 11.6 Å². The molecule has 0 aliphatic carbocycles. The van der Waals surface area contributed by atoms with Crippen molar-refractivity contribution in [2.24, 2.45) is 0 Å². The molecule has 2 amide bonds. The molecule has 2 aromatic rings. The van der Waals surface area contributed by atoms with Crippen LogP contribution in [0.5, 0.6) is 5.75 Å². The van der Waals surface area contributed by atoms with Gasteiger partial charge in [-0.3, -0.25) is 25.1 Å². The van der Waals surface area contributed by atoms with Crippen molar-refractivity contribution in [1.82, 2.24) is 5.43 Å². The van der Waals surface area contributed by atoms with Crippen LogP contribution < -0.4 is 15.2 Å². The third-order valence-corrected chi connectivity index (χ3v) is 3.71. The number of nitro benzene ring substituents is 1. The van der Waals surface area contributed by atoms with E-state index in [9.17, 15) is 19.7 Å². The molecule has 1 fully saturated rings. The third-order valence-electron chi connectivity index (χ3n) is 3.71. The maximum Gasteiger partial charge on any atom is 0.311 e. The number of nitrogens with zero attached hydrogens (tertiary/aromatic N) is 2. The smallest absolute Gasteiger partial charge is 0.311 e. The maximum absolute atomic E-state index is 12.5. The number of carbonyl (C=O) groups is 2. The molecule has 1 aliphatic heterocycles. The molecule has 134 valence electrons. The highest BCUT2D eigenvalue weighted by Gasteiger charge is 2.34. The Hall–Kier alpha value is -4.12. The van der Waals surface area contributed by atoms with Crippen molar-refractivity contribution in [3.05, 3.63) is 69.8 Å². The number of para-hydroxylation sites is 1. The number of amides is 2. The zero-order chi connectivity index (χ0) is 19.4. The topological polar surface area (TPSA) is 102 Å². The monoisotopic (exact) mass is 363 g/mol. The average molecular weight is 363 g/mol. The molecule has 0 radical (unpaired) electrons. The first-order valence-electron chi connectivity index (χ1n) is 7.78. The number of nitro groups is 1. The van der Waals surface area contributed by atoms with E-state index in [0.29, 0.717) is 11.3 Å².